The number of carbonyl (C=O) groups excluding carboxylic acids is 2. The van der Waals surface area contributed by atoms with Gasteiger partial charge in [-0.2, -0.15) is 0 Å². The van der Waals surface area contributed by atoms with Crippen molar-refractivity contribution in [2.45, 2.75) is 13.5 Å². The second-order valence-electron chi connectivity index (χ2n) is 5.92. The number of nitrogens with zero attached hydrogens (tertiary/aromatic N) is 5. The summed E-state index contributed by atoms with van der Waals surface area (Å²) < 4.78 is 2.98. The largest absolute Gasteiger partial charge is 0.398 e. The van der Waals surface area contributed by atoms with Crippen LogP contribution in [0.2, 0.25) is 0 Å². The van der Waals surface area contributed by atoms with Gasteiger partial charge in [-0.25, -0.2) is 9.48 Å². The van der Waals surface area contributed by atoms with E-state index in [0.29, 0.717) is 5.69 Å². The second-order valence-corrected chi connectivity index (χ2v) is 5.92. The Morgan fingerprint density at radius 2 is 2.08 bits per heavy atom. The van der Waals surface area contributed by atoms with Crippen molar-refractivity contribution in [3.63, 3.8) is 0 Å². The first-order valence-corrected chi connectivity index (χ1v) is 7.65. The van der Waals surface area contributed by atoms with E-state index < -0.39 is 0 Å². The van der Waals surface area contributed by atoms with Gasteiger partial charge in [-0.1, -0.05) is 11.3 Å². The van der Waals surface area contributed by atoms with Gasteiger partial charge >= 0.3 is 6.03 Å². The summed E-state index contributed by atoms with van der Waals surface area (Å²) in [6.07, 6.45) is 1.51. The smallest absolute Gasteiger partial charge is 0.322 e. The van der Waals surface area contributed by atoms with Crippen LogP contribution in [-0.4, -0.2) is 50.5 Å². The number of aromatic nitrogens is 4. The molecule has 2 aromatic heterocycles. The predicted molar refractivity (Wildman–Crippen MR) is 94.4 cm³/mol. The number of nitrogens with two attached hydrogens (primary N) is 1. The van der Waals surface area contributed by atoms with Gasteiger partial charge in [0, 0.05) is 30.9 Å². The monoisotopic (exact) mass is 341 g/mol. The molecule has 9 nitrogen and oxygen atoms in total. The molecule has 0 radical (unpaired) electrons. The van der Waals surface area contributed by atoms with Crippen LogP contribution in [0.1, 0.15) is 10.5 Å². The standard InChI is InChI=1S/C16H19N7O2/c1-10-7-11-12(17)5-4-6-13(11)23(10)15(24)9-22-8-14(19-20-22)18-16(25)21(2)3/h4-8H,9,17H2,1-3H3,(H,18,25). The minimum atomic E-state index is -0.318. The number of fused-ring (bicyclic) bond motifs is 1. The Hall–Kier alpha value is -3.36. The van der Waals surface area contributed by atoms with Gasteiger partial charge in [0.25, 0.3) is 5.91 Å². The van der Waals surface area contributed by atoms with Gasteiger partial charge in [-0.05, 0) is 25.1 Å². The first-order valence-electron chi connectivity index (χ1n) is 7.65. The van der Waals surface area contributed by atoms with Gasteiger partial charge in [-0.3, -0.25) is 14.7 Å². The molecule has 0 saturated carbocycles. The molecule has 3 rings (SSSR count). The van der Waals surface area contributed by atoms with E-state index in [1.807, 2.05) is 25.1 Å². The molecule has 130 valence electrons. The van der Waals surface area contributed by atoms with E-state index in [9.17, 15) is 9.59 Å². The van der Waals surface area contributed by atoms with Gasteiger partial charge in [0.1, 0.15) is 6.54 Å². The molecule has 0 fully saturated rings. The summed E-state index contributed by atoms with van der Waals surface area (Å²) in [7, 11) is 3.24. The Morgan fingerprint density at radius 1 is 1.32 bits per heavy atom. The van der Waals surface area contributed by atoms with E-state index in [2.05, 4.69) is 15.6 Å². The molecule has 0 saturated heterocycles. The molecule has 0 aliphatic rings. The van der Waals surface area contributed by atoms with E-state index in [4.69, 9.17) is 5.73 Å². The molecule has 3 N–H and O–H groups in total. The van der Waals surface area contributed by atoms with Crippen molar-refractivity contribution < 1.29 is 9.59 Å². The molecule has 3 aromatic rings. The molecule has 0 aliphatic heterocycles. The molecular weight excluding hydrogens is 322 g/mol. The van der Waals surface area contributed by atoms with E-state index in [1.54, 1.807) is 24.7 Å². The normalized spacial score (nSPS) is 10.8. The van der Waals surface area contributed by atoms with Crippen molar-refractivity contribution in [1.82, 2.24) is 24.5 Å². The van der Waals surface area contributed by atoms with Gasteiger partial charge in [0.2, 0.25) is 0 Å². The number of nitrogens with one attached hydrogen (secondary N) is 1. The second kappa shape index (κ2) is 6.27. The topological polar surface area (TPSA) is 111 Å². The number of rotatable bonds is 3. The SMILES string of the molecule is Cc1cc2c(N)cccc2n1C(=O)Cn1cc(NC(=O)N(C)C)nn1. The number of amides is 2. The number of benzene rings is 1. The minimum Gasteiger partial charge on any atom is -0.398 e. The Bertz CT molecular complexity index is 955. The Balaban J connectivity index is 1.82. The number of aryl methyl sites for hydroxylation is 1. The summed E-state index contributed by atoms with van der Waals surface area (Å²) in [5.41, 5.74) is 8.14. The third-order valence-corrected chi connectivity index (χ3v) is 3.79. The molecule has 0 atom stereocenters. The summed E-state index contributed by atoms with van der Waals surface area (Å²) in [5.74, 6) is 0.110. The van der Waals surface area contributed by atoms with Crippen LogP contribution in [-0.2, 0) is 6.54 Å². The first-order chi connectivity index (χ1) is 11.9. The van der Waals surface area contributed by atoms with Gasteiger partial charge in [0.05, 0.1) is 11.7 Å². The summed E-state index contributed by atoms with van der Waals surface area (Å²) in [6, 6.07) is 7.02. The molecular formula is C16H19N7O2. The number of nitrogen functional groups attached to an aromatic ring is 1. The van der Waals surface area contributed by atoms with E-state index in [-0.39, 0.29) is 24.3 Å². The first kappa shape index (κ1) is 16.5. The predicted octanol–water partition coefficient (Wildman–Crippen LogP) is 1.56. The van der Waals surface area contributed by atoms with E-state index >= 15 is 0 Å². The maximum atomic E-state index is 12.7. The van der Waals surface area contributed by atoms with Crippen molar-refractivity contribution in [3.8, 4) is 0 Å². The highest BCUT2D eigenvalue weighted by molar-refractivity contribution is 5.99. The van der Waals surface area contributed by atoms with Crippen LogP contribution >= 0.6 is 0 Å². The third-order valence-electron chi connectivity index (χ3n) is 3.79. The van der Waals surface area contributed by atoms with Gasteiger partial charge in [0.15, 0.2) is 5.82 Å². The lowest BCUT2D eigenvalue weighted by Gasteiger charge is -2.09. The van der Waals surface area contributed by atoms with Crippen molar-refractivity contribution in [1.29, 1.82) is 0 Å². The average Bonchev–Trinajstić information content (AvgIpc) is 3.11. The van der Waals surface area contributed by atoms with Crippen LogP contribution < -0.4 is 11.1 Å². The lowest BCUT2D eigenvalue weighted by Crippen LogP contribution is -2.27. The number of hydrogen-bond donors (Lipinski definition) is 2. The Kier molecular flexibility index (Phi) is 4.14. The highest BCUT2D eigenvalue weighted by atomic mass is 16.2. The fourth-order valence-electron chi connectivity index (χ4n) is 2.58. The van der Waals surface area contributed by atoms with Crippen molar-refractivity contribution >= 4 is 34.3 Å². The summed E-state index contributed by atoms with van der Waals surface area (Å²) in [6.45, 7) is 1.84. The maximum absolute atomic E-state index is 12.7. The summed E-state index contributed by atoms with van der Waals surface area (Å²) >= 11 is 0. The van der Waals surface area contributed by atoms with Gasteiger partial charge < -0.3 is 10.6 Å². The summed E-state index contributed by atoms with van der Waals surface area (Å²) in [4.78, 5) is 25.7. The van der Waals surface area contributed by atoms with Crippen LogP contribution in [0.15, 0.2) is 30.5 Å². The Morgan fingerprint density at radius 3 is 2.80 bits per heavy atom. The number of hydrogen-bond acceptors (Lipinski definition) is 5. The molecule has 2 amide bonds. The quantitative estimate of drug-likeness (QED) is 0.702. The van der Waals surface area contributed by atoms with E-state index in [1.165, 1.54) is 15.8 Å². The molecule has 0 bridgehead atoms. The zero-order chi connectivity index (χ0) is 18.1. The van der Waals surface area contributed by atoms with Crippen LogP contribution in [0.25, 0.3) is 10.9 Å². The molecule has 9 heteroatoms. The van der Waals surface area contributed by atoms with Crippen LogP contribution in [0, 0.1) is 6.92 Å². The van der Waals surface area contributed by atoms with Crippen molar-refractivity contribution in [3.05, 3.63) is 36.2 Å². The van der Waals surface area contributed by atoms with Gasteiger partial charge in [-0.15, -0.1) is 5.10 Å². The molecule has 0 aliphatic carbocycles. The average molecular weight is 341 g/mol. The molecule has 1 aromatic carbocycles. The fraction of sp³-hybridized carbons (Fsp3) is 0.250. The van der Waals surface area contributed by atoms with Crippen LogP contribution in [0.3, 0.4) is 0 Å². The van der Waals surface area contributed by atoms with Crippen LogP contribution in [0.5, 0.6) is 0 Å². The van der Waals surface area contributed by atoms with E-state index in [0.717, 1.165) is 16.6 Å². The zero-order valence-corrected chi connectivity index (χ0v) is 14.2. The molecule has 25 heavy (non-hydrogen) atoms. The zero-order valence-electron chi connectivity index (χ0n) is 14.2. The molecule has 2 heterocycles. The minimum absolute atomic E-state index is 0.00967. The highest BCUT2D eigenvalue weighted by Gasteiger charge is 2.16. The summed E-state index contributed by atoms with van der Waals surface area (Å²) in [5, 5.41) is 11.1. The lowest BCUT2D eigenvalue weighted by molar-refractivity contribution is 0.0889. The van der Waals surface area contributed by atoms with Crippen LogP contribution in [0.4, 0.5) is 16.3 Å². The fourth-order valence-corrected chi connectivity index (χ4v) is 2.58. The molecule has 0 spiro atoms. The lowest BCUT2D eigenvalue weighted by atomic mass is 10.2. The van der Waals surface area contributed by atoms with Crippen molar-refractivity contribution in [2.75, 3.05) is 25.1 Å². The number of anilines is 2. The molecule has 0 unspecified atom stereocenters. The Labute approximate surface area is 144 Å². The maximum Gasteiger partial charge on any atom is 0.322 e. The van der Waals surface area contributed by atoms with Crippen molar-refractivity contribution in [2.24, 2.45) is 0 Å². The third kappa shape index (κ3) is 3.16. The highest BCUT2D eigenvalue weighted by Crippen LogP contribution is 2.24. The number of carbonyl (C=O) groups is 2. The number of urea groups is 1.